The Labute approximate surface area is 125 Å². The van der Waals surface area contributed by atoms with Gasteiger partial charge in [0.2, 0.25) is 5.88 Å². The third-order valence-electron chi connectivity index (χ3n) is 3.84. The minimum atomic E-state index is -0.194. The molecule has 4 nitrogen and oxygen atoms in total. The van der Waals surface area contributed by atoms with Gasteiger partial charge in [-0.3, -0.25) is 4.79 Å². The van der Waals surface area contributed by atoms with Gasteiger partial charge in [0.1, 0.15) is 11.6 Å². The van der Waals surface area contributed by atoms with Crippen molar-refractivity contribution in [1.29, 1.82) is 0 Å². The van der Waals surface area contributed by atoms with Crippen LogP contribution in [0.15, 0.2) is 35.1 Å². The number of aromatic amines is 1. The van der Waals surface area contributed by atoms with E-state index in [1.807, 2.05) is 19.1 Å². The molecule has 0 saturated carbocycles. The fraction of sp³-hybridized carbons (Fsp3) is 0.412. The van der Waals surface area contributed by atoms with Gasteiger partial charge in [0.05, 0.1) is 6.07 Å². The zero-order valence-corrected chi connectivity index (χ0v) is 13.1. The molecule has 2 aromatic rings. The van der Waals surface area contributed by atoms with Crippen molar-refractivity contribution >= 4 is 0 Å². The molecule has 0 amide bonds. The summed E-state index contributed by atoms with van der Waals surface area (Å²) >= 11 is 0. The van der Waals surface area contributed by atoms with Crippen molar-refractivity contribution in [3.05, 3.63) is 52.1 Å². The number of hydrogen-bond acceptors (Lipinski definition) is 3. The van der Waals surface area contributed by atoms with Gasteiger partial charge in [-0.1, -0.05) is 39.8 Å². The lowest BCUT2D eigenvalue weighted by molar-refractivity contribution is 0.455. The lowest BCUT2D eigenvalue weighted by Crippen LogP contribution is -2.15. The van der Waals surface area contributed by atoms with Gasteiger partial charge in [-0.05, 0) is 29.5 Å². The van der Waals surface area contributed by atoms with Gasteiger partial charge >= 0.3 is 0 Å². The molecule has 0 aliphatic heterocycles. The van der Waals surface area contributed by atoms with Crippen LogP contribution in [0.5, 0.6) is 11.6 Å². The summed E-state index contributed by atoms with van der Waals surface area (Å²) in [6.07, 6.45) is 1.73. The molecule has 0 atom stereocenters. The van der Waals surface area contributed by atoms with Crippen molar-refractivity contribution in [3.8, 4) is 11.6 Å². The fourth-order valence-corrected chi connectivity index (χ4v) is 2.00. The molecule has 0 aliphatic rings. The molecule has 1 N–H and O–H groups in total. The minimum absolute atomic E-state index is 0.149. The molecule has 0 fully saturated rings. The van der Waals surface area contributed by atoms with Crippen LogP contribution < -0.4 is 10.3 Å². The number of nitrogens with zero attached hydrogens (tertiary/aromatic N) is 1. The number of benzene rings is 1. The highest BCUT2D eigenvalue weighted by atomic mass is 16.5. The maximum atomic E-state index is 11.5. The maximum absolute atomic E-state index is 11.5. The molecule has 21 heavy (non-hydrogen) atoms. The average molecular weight is 286 g/mol. The molecular formula is C17H22N2O2. The van der Waals surface area contributed by atoms with Crippen molar-refractivity contribution in [3.63, 3.8) is 0 Å². The number of aromatic nitrogens is 2. The quantitative estimate of drug-likeness (QED) is 0.909. The molecule has 1 aromatic carbocycles. The van der Waals surface area contributed by atoms with Crippen LogP contribution in [0.2, 0.25) is 0 Å². The molecule has 2 rings (SSSR count). The lowest BCUT2D eigenvalue weighted by atomic mass is 9.82. The summed E-state index contributed by atoms with van der Waals surface area (Å²) in [5.74, 6) is 1.64. The summed E-state index contributed by atoms with van der Waals surface area (Å²) in [7, 11) is 0. The maximum Gasteiger partial charge on any atom is 0.254 e. The minimum Gasteiger partial charge on any atom is -0.439 e. The van der Waals surface area contributed by atoms with Crippen LogP contribution >= 0.6 is 0 Å². The Balaban J connectivity index is 2.21. The monoisotopic (exact) mass is 286 g/mol. The van der Waals surface area contributed by atoms with E-state index in [1.165, 1.54) is 11.6 Å². The van der Waals surface area contributed by atoms with E-state index in [4.69, 9.17) is 4.74 Å². The number of ether oxygens (including phenoxy) is 1. The van der Waals surface area contributed by atoms with E-state index >= 15 is 0 Å². The van der Waals surface area contributed by atoms with E-state index in [0.29, 0.717) is 23.9 Å². The summed E-state index contributed by atoms with van der Waals surface area (Å²) in [5, 5.41) is 0. The van der Waals surface area contributed by atoms with Crippen LogP contribution in [-0.2, 0) is 11.8 Å². The van der Waals surface area contributed by atoms with Gasteiger partial charge in [-0.15, -0.1) is 0 Å². The van der Waals surface area contributed by atoms with Crippen LogP contribution in [0.4, 0.5) is 0 Å². The smallest absolute Gasteiger partial charge is 0.254 e. The Kier molecular flexibility index (Phi) is 4.46. The molecule has 1 aromatic heterocycles. The number of rotatable bonds is 5. The van der Waals surface area contributed by atoms with Crippen LogP contribution in [0, 0.1) is 0 Å². The summed E-state index contributed by atoms with van der Waals surface area (Å²) in [6.45, 7) is 8.55. The van der Waals surface area contributed by atoms with Crippen molar-refractivity contribution in [2.45, 2.75) is 46.0 Å². The highest BCUT2D eigenvalue weighted by Gasteiger charge is 2.17. The van der Waals surface area contributed by atoms with Gasteiger partial charge in [0.25, 0.3) is 5.56 Å². The number of nitrogens with one attached hydrogen (secondary N) is 1. The van der Waals surface area contributed by atoms with E-state index in [-0.39, 0.29) is 11.0 Å². The van der Waals surface area contributed by atoms with E-state index in [9.17, 15) is 4.79 Å². The fourth-order valence-electron chi connectivity index (χ4n) is 2.00. The Morgan fingerprint density at radius 2 is 1.86 bits per heavy atom. The van der Waals surface area contributed by atoms with Crippen molar-refractivity contribution in [2.24, 2.45) is 0 Å². The molecule has 0 saturated heterocycles. The molecule has 112 valence electrons. The van der Waals surface area contributed by atoms with Crippen LogP contribution in [0.3, 0.4) is 0 Å². The zero-order chi connectivity index (χ0) is 15.5. The average Bonchev–Trinajstić information content (AvgIpc) is 2.47. The van der Waals surface area contributed by atoms with Crippen LogP contribution in [0.1, 0.15) is 45.5 Å². The Hall–Kier alpha value is -2.10. The third kappa shape index (κ3) is 3.72. The molecular weight excluding hydrogens is 264 g/mol. The molecule has 0 aliphatic carbocycles. The van der Waals surface area contributed by atoms with Crippen molar-refractivity contribution in [1.82, 2.24) is 9.97 Å². The van der Waals surface area contributed by atoms with E-state index in [0.717, 1.165) is 6.42 Å². The molecule has 0 spiro atoms. The number of aryl methyl sites for hydroxylation is 1. The highest BCUT2D eigenvalue weighted by Crippen LogP contribution is 2.29. The van der Waals surface area contributed by atoms with Gasteiger partial charge in [-0.25, -0.2) is 0 Å². The number of H-pyrrole nitrogens is 1. The molecule has 1 heterocycles. The normalized spacial score (nSPS) is 11.4. The Morgan fingerprint density at radius 3 is 2.43 bits per heavy atom. The van der Waals surface area contributed by atoms with Gasteiger partial charge in [-0.2, -0.15) is 4.98 Å². The molecule has 0 bridgehead atoms. The summed E-state index contributed by atoms with van der Waals surface area (Å²) in [5.41, 5.74) is 1.22. The number of hydrogen-bond donors (Lipinski definition) is 1. The standard InChI is InChI=1S/C17H22N2O2/c1-5-14-18-15(20)11-16(19-14)21-13-9-7-12(8-10-13)17(3,4)6-2/h7-11H,5-6H2,1-4H3,(H,18,19,20). The molecule has 0 unspecified atom stereocenters. The summed E-state index contributed by atoms with van der Waals surface area (Å²) in [4.78, 5) is 18.4. The largest absolute Gasteiger partial charge is 0.439 e. The SMILES string of the molecule is CCc1nc(Oc2ccc(C(C)(C)CC)cc2)cc(=O)[nH]1. The predicted molar refractivity (Wildman–Crippen MR) is 84.1 cm³/mol. The van der Waals surface area contributed by atoms with Gasteiger partial charge in [0, 0.05) is 6.42 Å². The predicted octanol–water partition coefficient (Wildman–Crippen LogP) is 3.81. The van der Waals surface area contributed by atoms with E-state index in [2.05, 4.69) is 42.9 Å². The second-order valence-corrected chi connectivity index (χ2v) is 5.75. The Morgan fingerprint density at radius 1 is 1.19 bits per heavy atom. The van der Waals surface area contributed by atoms with Crippen LogP contribution in [-0.4, -0.2) is 9.97 Å². The van der Waals surface area contributed by atoms with Crippen LogP contribution in [0.25, 0.3) is 0 Å². The summed E-state index contributed by atoms with van der Waals surface area (Å²) < 4.78 is 5.67. The first-order valence-corrected chi connectivity index (χ1v) is 7.33. The van der Waals surface area contributed by atoms with E-state index in [1.54, 1.807) is 0 Å². The summed E-state index contributed by atoms with van der Waals surface area (Å²) in [6, 6.07) is 9.32. The van der Waals surface area contributed by atoms with E-state index < -0.39 is 0 Å². The first kappa shape index (κ1) is 15.3. The first-order valence-electron chi connectivity index (χ1n) is 7.33. The zero-order valence-electron chi connectivity index (χ0n) is 13.1. The van der Waals surface area contributed by atoms with Crippen molar-refractivity contribution in [2.75, 3.05) is 0 Å². The second kappa shape index (κ2) is 6.12. The molecule has 4 heteroatoms. The second-order valence-electron chi connectivity index (χ2n) is 5.75. The van der Waals surface area contributed by atoms with Gasteiger partial charge < -0.3 is 9.72 Å². The Bertz CT molecular complexity index is 657. The highest BCUT2D eigenvalue weighted by molar-refractivity contribution is 5.33. The topological polar surface area (TPSA) is 55.0 Å². The molecule has 0 radical (unpaired) electrons. The first-order chi connectivity index (χ1) is 9.94. The third-order valence-corrected chi connectivity index (χ3v) is 3.84. The lowest BCUT2D eigenvalue weighted by Gasteiger charge is -2.23. The van der Waals surface area contributed by atoms with Crippen molar-refractivity contribution < 1.29 is 4.74 Å². The van der Waals surface area contributed by atoms with Gasteiger partial charge in [0.15, 0.2) is 0 Å².